The van der Waals surface area contributed by atoms with Gasteiger partial charge in [0.15, 0.2) is 12.4 Å². The van der Waals surface area contributed by atoms with Gasteiger partial charge in [0.25, 0.3) is 5.91 Å². The molecule has 5 nitrogen and oxygen atoms in total. The standard InChI is InChI=1S/C18H14BrCl2N3O2/c1-11-2-3-13(21)9-16(11)22-18(25)15-6-7-24(23-15)10-26-17-5-4-12(20)8-14(17)19/h2-9H,10H2,1H3,(H,22,25). The van der Waals surface area contributed by atoms with E-state index in [4.69, 9.17) is 27.9 Å². The van der Waals surface area contributed by atoms with Gasteiger partial charge in [-0.3, -0.25) is 4.79 Å². The highest BCUT2D eigenvalue weighted by Crippen LogP contribution is 2.28. The van der Waals surface area contributed by atoms with Crippen LogP contribution in [-0.2, 0) is 6.73 Å². The van der Waals surface area contributed by atoms with Gasteiger partial charge in [0.1, 0.15) is 5.75 Å². The number of nitrogens with one attached hydrogen (secondary N) is 1. The summed E-state index contributed by atoms with van der Waals surface area (Å²) >= 11 is 15.3. The number of halogens is 3. The Hall–Kier alpha value is -2.02. The van der Waals surface area contributed by atoms with E-state index < -0.39 is 0 Å². The van der Waals surface area contributed by atoms with Crippen LogP contribution >= 0.6 is 39.1 Å². The van der Waals surface area contributed by atoms with Gasteiger partial charge in [0.05, 0.1) is 4.47 Å². The molecule has 0 atom stereocenters. The molecule has 8 heteroatoms. The van der Waals surface area contributed by atoms with E-state index in [2.05, 4.69) is 26.3 Å². The number of carbonyl (C=O) groups is 1. The lowest BCUT2D eigenvalue weighted by molar-refractivity contribution is 0.102. The number of nitrogens with zero attached hydrogens (tertiary/aromatic N) is 2. The Balaban J connectivity index is 1.65. The third kappa shape index (κ3) is 4.58. The summed E-state index contributed by atoms with van der Waals surface area (Å²) in [5, 5.41) is 8.20. The third-order valence-corrected chi connectivity index (χ3v) is 4.66. The number of rotatable bonds is 5. The number of aromatic nitrogens is 2. The highest BCUT2D eigenvalue weighted by Gasteiger charge is 2.12. The largest absolute Gasteiger partial charge is 0.470 e. The lowest BCUT2D eigenvalue weighted by Crippen LogP contribution is -2.15. The number of hydrogen-bond donors (Lipinski definition) is 1. The lowest BCUT2D eigenvalue weighted by Gasteiger charge is -2.09. The zero-order valence-electron chi connectivity index (χ0n) is 13.7. The second kappa shape index (κ2) is 8.12. The van der Waals surface area contributed by atoms with Crippen LogP contribution in [-0.4, -0.2) is 15.7 Å². The van der Waals surface area contributed by atoms with E-state index in [1.165, 1.54) is 4.68 Å². The average molecular weight is 455 g/mol. The van der Waals surface area contributed by atoms with Gasteiger partial charge in [-0.25, -0.2) is 4.68 Å². The Morgan fingerprint density at radius 2 is 1.92 bits per heavy atom. The number of ether oxygens (including phenoxy) is 1. The Morgan fingerprint density at radius 3 is 2.69 bits per heavy atom. The van der Waals surface area contributed by atoms with E-state index >= 15 is 0 Å². The van der Waals surface area contributed by atoms with Crippen molar-refractivity contribution in [1.82, 2.24) is 9.78 Å². The van der Waals surface area contributed by atoms with Gasteiger partial charge in [-0.15, -0.1) is 0 Å². The van der Waals surface area contributed by atoms with Crippen molar-refractivity contribution in [2.45, 2.75) is 13.7 Å². The van der Waals surface area contributed by atoms with Crippen LogP contribution in [0.4, 0.5) is 5.69 Å². The third-order valence-electron chi connectivity index (χ3n) is 3.57. The van der Waals surface area contributed by atoms with Crippen LogP contribution in [0.25, 0.3) is 0 Å². The minimum Gasteiger partial charge on any atom is -0.470 e. The first-order valence-electron chi connectivity index (χ1n) is 7.61. The molecule has 1 aromatic heterocycles. The van der Waals surface area contributed by atoms with Crippen LogP contribution < -0.4 is 10.1 Å². The maximum atomic E-state index is 12.4. The minimum absolute atomic E-state index is 0.156. The summed E-state index contributed by atoms with van der Waals surface area (Å²) in [7, 11) is 0. The van der Waals surface area contributed by atoms with E-state index in [1.54, 1.807) is 42.6 Å². The molecule has 134 valence electrons. The molecule has 1 amide bonds. The molecule has 3 rings (SSSR count). The van der Waals surface area contributed by atoms with E-state index in [0.29, 0.717) is 21.5 Å². The normalized spacial score (nSPS) is 10.6. The summed E-state index contributed by atoms with van der Waals surface area (Å²) in [5.41, 5.74) is 1.85. The number of aryl methyl sites for hydroxylation is 1. The molecule has 0 fully saturated rings. The number of benzene rings is 2. The van der Waals surface area contributed by atoms with Crippen molar-refractivity contribution in [3.8, 4) is 5.75 Å². The maximum Gasteiger partial charge on any atom is 0.276 e. The van der Waals surface area contributed by atoms with Crippen LogP contribution in [0.3, 0.4) is 0 Å². The van der Waals surface area contributed by atoms with E-state index in [0.717, 1.165) is 10.0 Å². The number of carbonyl (C=O) groups excluding carboxylic acids is 1. The van der Waals surface area contributed by atoms with Crippen molar-refractivity contribution in [3.63, 3.8) is 0 Å². The minimum atomic E-state index is -0.318. The van der Waals surface area contributed by atoms with Crippen molar-refractivity contribution in [2.75, 3.05) is 5.32 Å². The number of anilines is 1. The second-order valence-electron chi connectivity index (χ2n) is 5.50. The molecule has 0 saturated heterocycles. The predicted molar refractivity (Wildman–Crippen MR) is 106 cm³/mol. The molecule has 0 spiro atoms. The number of amides is 1. The van der Waals surface area contributed by atoms with Crippen LogP contribution in [0.5, 0.6) is 5.75 Å². The van der Waals surface area contributed by atoms with Gasteiger partial charge in [0, 0.05) is 21.9 Å². The Kier molecular flexibility index (Phi) is 5.86. The SMILES string of the molecule is Cc1ccc(Cl)cc1NC(=O)c1ccn(COc2ccc(Cl)cc2Br)n1. The molecular weight excluding hydrogens is 441 g/mol. The molecule has 0 saturated carbocycles. The van der Waals surface area contributed by atoms with Crippen molar-refractivity contribution in [1.29, 1.82) is 0 Å². The Bertz CT molecular complexity index is 959. The lowest BCUT2D eigenvalue weighted by atomic mass is 10.2. The predicted octanol–water partition coefficient (Wildman–Crippen LogP) is 5.55. The van der Waals surface area contributed by atoms with Gasteiger partial charge < -0.3 is 10.1 Å². The van der Waals surface area contributed by atoms with Gasteiger partial charge in [-0.2, -0.15) is 5.10 Å². The molecule has 2 aromatic carbocycles. The summed E-state index contributed by atoms with van der Waals surface area (Å²) in [5.74, 6) is 0.312. The van der Waals surface area contributed by atoms with E-state index in [9.17, 15) is 4.79 Å². The maximum absolute atomic E-state index is 12.4. The van der Waals surface area contributed by atoms with Gasteiger partial charge >= 0.3 is 0 Å². The summed E-state index contributed by atoms with van der Waals surface area (Å²) in [6.07, 6.45) is 1.67. The highest BCUT2D eigenvalue weighted by molar-refractivity contribution is 9.10. The van der Waals surface area contributed by atoms with Crippen LogP contribution in [0.2, 0.25) is 10.0 Å². The topological polar surface area (TPSA) is 56.2 Å². The number of hydrogen-bond acceptors (Lipinski definition) is 3. The highest BCUT2D eigenvalue weighted by atomic mass is 79.9. The summed E-state index contributed by atoms with van der Waals surface area (Å²) in [6, 6.07) is 12.2. The zero-order chi connectivity index (χ0) is 18.7. The van der Waals surface area contributed by atoms with Crippen LogP contribution in [0, 0.1) is 6.92 Å². The first-order chi connectivity index (χ1) is 12.4. The van der Waals surface area contributed by atoms with Crippen molar-refractivity contribution >= 4 is 50.7 Å². The zero-order valence-corrected chi connectivity index (χ0v) is 16.8. The molecule has 0 bridgehead atoms. The molecule has 0 aliphatic carbocycles. The van der Waals surface area contributed by atoms with Gasteiger partial charge in [0.2, 0.25) is 0 Å². The molecule has 0 aliphatic heterocycles. The first kappa shape index (κ1) is 18.8. The molecule has 0 unspecified atom stereocenters. The van der Waals surface area contributed by atoms with E-state index in [-0.39, 0.29) is 18.3 Å². The molecule has 3 aromatic rings. The molecule has 0 aliphatic rings. The molecule has 1 N–H and O–H groups in total. The fourth-order valence-corrected chi connectivity index (χ4v) is 3.17. The first-order valence-corrected chi connectivity index (χ1v) is 9.16. The van der Waals surface area contributed by atoms with Crippen molar-refractivity contribution < 1.29 is 9.53 Å². The average Bonchev–Trinajstić information content (AvgIpc) is 3.06. The molecule has 26 heavy (non-hydrogen) atoms. The molecular formula is C18H14BrCl2N3O2. The molecule has 0 radical (unpaired) electrons. The Morgan fingerprint density at radius 1 is 1.19 bits per heavy atom. The fraction of sp³-hybridized carbons (Fsp3) is 0.111. The summed E-state index contributed by atoms with van der Waals surface area (Å²) in [6.45, 7) is 2.05. The summed E-state index contributed by atoms with van der Waals surface area (Å²) in [4.78, 5) is 12.4. The van der Waals surface area contributed by atoms with E-state index in [1.807, 2.05) is 13.0 Å². The van der Waals surface area contributed by atoms with Crippen LogP contribution in [0.1, 0.15) is 16.1 Å². The summed E-state index contributed by atoms with van der Waals surface area (Å²) < 4.78 is 7.94. The van der Waals surface area contributed by atoms with Gasteiger partial charge in [-0.1, -0.05) is 29.3 Å². The second-order valence-corrected chi connectivity index (χ2v) is 7.23. The Labute approximate surface area is 169 Å². The smallest absolute Gasteiger partial charge is 0.276 e. The van der Waals surface area contributed by atoms with Crippen molar-refractivity contribution in [2.24, 2.45) is 0 Å². The van der Waals surface area contributed by atoms with Crippen LogP contribution in [0.15, 0.2) is 53.1 Å². The fourth-order valence-electron chi connectivity index (χ4n) is 2.20. The quantitative estimate of drug-likeness (QED) is 0.549. The van der Waals surface area contributed by atoms with Crippen molar-refractivity contribution in [3.05, 3.63) is 74.4 Å². The van der Waals surface area contributed by atoms with Gasteiger partial charge in [-0.05, 0) is 64.8 Å². The molecule has 1 heterocycles. The monoisotopic (exact) mass is 453 g/mol.